The Morgan fingerprint density at radius 3 is 2.18 bits per heavy atom. The quantitative estimate of drug-likeness (QED) is 0.614. The van der Waals surface area contributed by atoms with Crippen LogP contribution in [0.5, 0.6) is 0 Å². The fraction of sp³-hybridized carbons (Fsp3) is 0.400. The van der Waals surface area contributed by atoms with Gasteiger partial charge in [-0.25, -0.2) is 5.11 Å². The summed E-state index contributed by atoms with van der Waals surface area (Å²) in [6.45, 7) is 4.10. The average Bonchev–Trinajstić information content (AvgIpc) is 1.97. The van der Waals surface area contributed by atoms with Crippen LogP contribution in [0.25, 0.3) is 0 Å². The molecule has 1 radical (unpaired) electrons. The van der Waals surface area contributed by atoms with Gasteiger partial charge in [0.2, 0.25) is 0 Å². The molecule has 0 aromatic heterocycles. The lowest BCUT2D eigenvalue weighted by atomic mass is 10.0. The average molecular weight is 149 g/mol. The molecule has 0 heterocycles. The Hall–Kier alpha value is -0.820. The standard InChI is InChI=1S/C10H13O/c1-8-4-3-5-9(2)10(8)6-7-11/h3-5H,6-7H2,1-2H3. The van der Waals surface area contributed by atoms with E-state index in [-0.39, 0.29) is 6.61 Å². The zero-order valence-electron chi connectivity index (χ0n) is 7.05. The van der Waals surface area contributed by atoms with Crippen molar-refractivity contribution in [2.45, 2.75) is 20.3 Å². The van der Waals surface area contributed by atoms with Crippen LogP contribution in [0, 0.1) is 13.8 Å². The first kappa shape index (κ1) is 8.28. The lowest BCUT2D eigenvalue weighted by molar-refractivity contribution is 0.197. The summed E-state index contributed by atoms with van der Waals surface area (Å²) in [6.07, 6.45) is 0.665. The van der Waals surface area contributed by atoms with Gasteiger partial charge in [0.25, 0.3) is 0 Å². The number of rotatable bonds is 2. The summed E-state index contributed by atoms with van der Waals surface area (Å²) in [7, 11) is 0. The van der Waals surface area contributed by atoms with Crippen LogP contribution in [0.4, 0.5) is 0 Å². The monoisotopic (exact) mass is 149 g/mol. The maximum Gasteiger partial charge on any atom is 0.0862 e. The number of hydrogen-bond acceptors (Lipinski definition) is 0. The Balaban J connectivity index is 3.00. The van der Waals surface area contributed by atoms with E-state index >= 15 is 0 Å². The van der Waals surface area contributed by atoms with Crippen molar-refractivity contribution in [3.05, 3.63) is 34.9 Å². The molecule has 1 nitrogen and oxygen atoms in total. The molecule has 0 spiro atoms. The molecule has 0 aliphatic carbocycles. The van der Waals surface area contributed by atoms with Gasteiger partial charge in [-0.2, -0.15) is 0 Å². The molecule has 0 fully saturated rings. The smallest absolute Gasteiger partial charge is 0.0862 e. The molecular formula is C10H13O. The van der Waals surface area contributed by atoms with Crippen LogP contribution >= 0.6 is 0 Å². The molecule has 0 unspecified atom stereocenters. The minimum absolute atomic E-state index is 0.00824. The van der Waals surface area contributed by atoms with Crippen LogP contribution in [0.15, 0.2) is 18.2 Å². The van der Waals surface area contributed by atoms with Gasteiger partial charge in [0.05, 0.1) is 6.61 Å². The molecule has 0 aliphatic heterocycles. The first-order chi connectivity index (χ1) is 5.25. The van der Waals surface area contributed by atoms with E-state index in [4.69, 9.17) is 0 Å². The second-order valence-corrected chi connectivity index (χ2v) is 2.82. The van der Waals surface area contributed by atoms with E-state index in [0.29, 0.717) is 6.42 Å². The van der Waals surface area contributed by atoms with Crippen molar-refractivity contribution < 1.29 is 5.11 Å². The Morgan fingerprint density at radius 1 is 1.18 bits per heavy atom. The maximum absolute atomic E-state index is 10.4. The fourth-order valence-electron chi connectivity index (χ4n) is 1.35. The predicted molar refractivity (Wildman–Crippen MR) is 45.2 cm³/mol. The van der Waals surface area contributed by atoms with E-state index in [0.717, 1.165) is 0 Å². The maximum atomic E-state index is 10.4. The predicted octanol–water partition coefficient (Wildman–Crippen LogP) is 2.28. The van der Waals surface area contributed by atoms with Gasteiger partial charge < -0.3 is 0 Å². The van der Waals surface area contributed by atoms with E-state index in [2.05, 4.69) is 26.0 Å². The third kappa shape index (κ3) is 1.81. The largest absolute Gasteiger partial charge is 0.236 e. The highest BCUT2D eigenvalue weighted by Crippen LogP contribution is 2.13. The molecule has 0 saturated carbocycles. The summed E-state index contributed by atoms with van der Waals surface area (Å²) in [6, 6.07) is 6.13. The van der Waals surface area contributed by atoms with Gasteiger partial charge in [-0.1, -0.05) is 18.2 Å². The summed E-state index contributed by atoms with van der Waals surface area (Å²) in [5, 5.41) is 10.4. The van der Waals surface area contributed by atoms with Gasteiger partial charge in [-0.05, 0) is 37.0 Å². The molecule has 0 bridgehead atoms. The normalized spacial score (nSPS) is 10.1. The van der Waals surface area contributed by atoms with E-state index in [1.54, 1.807) is 0 Å². The fourth-order valence-corrected chi connectivity index (χ4v) is 1.35. The highest BCUT2D eigenvalue weighted by atomic mass is 16.2. The molecule has 1 heteroatoms. The van der Waals surface area contributed by atoms with Gasteiger partial charge >= 0.3 is 0 Å². The van der Waals surface area contributed by atoms with Crippen LogP contribution in [0.1, 0.15) is 16.7 Å². The van der Waals surface area contributed by atoms with Crippen molar-refractivity contribution in [2.24, 2.45) is 0 Å². The molecule has 0 atom stereocenters. The lowest BCUT2D eigenvalue weighted by Crippen LogP contribution is -1.95. The Labute approximate surface area is 67.7 Å². The second-order valence-electron chi connectivity index (χ2n) is 2.82. The van der Waals surface area contributed by atoms with Gasteiger partial charge in [0.15, 0.2) is 0 Å². The summed E-state index contributed by atoms with van der Waals surface area (Å²) in [5.74, 6) is 0. The number of aryl methyl sites for hydroxylation is 2. The molecule has 1 aromatic carbocycles. The number of benzene rings is 1. The van der Waals surface area contributed by atoms with Crippen LogP contribution in [-0.2, 0) is 11.5 Å². The van der Waals surface area contributed by atoms with Gasteiger partial charge in [0.1, 0.15) is 0 Å². The topological polar surface area (TPSA) is 19.9 Å². The van der Waals surface area contributed by atoms with Crippen LogP contribution < -0.4 is 0 Å². The summed E-state index contributed by atoms with van der Waals surface area (Å²) in [5.41, 5.74) is 3.70. The van der Waals surface area contributed by atoms with Crippen molar-refractivity contribution in [2.75, 3.05) is 6.61 Å². The van der Waals surface area contributed by atoms with Crippen molar-refractivity contribution in [1.82, 2.24) is 0 Å². The first-order valence-electron chi connectivity index (χ1n) is 3.89. The Kier molecular flexibility index (Phi) is 2.66. The summed E-state index contributed by atoms with van der Waals surface area (Å²) >= 11 is 0. The van der Waals surface area contributed by atoms with Crippen LogP contribution in [0.2, 0.25) is 0 Å². The second kappa shape index (κ2) is 3.54. The number of hydrogen-bond donors (Lipinski definition) is 0. The van der Waals surface area contributed by atoms with E-state index in [9.17, 15) is 5.11 Å². The van der Waals surface area contributed by atoms with Crippen LogP contribution in [0.3, 0.4) is 0 Å². The third-order valence-corrected chi connectivity index (χ3v) is 2.00. The zero-order chi connectivity index (χ0) is 8.27. The minimum atomic E-state index is -0.00824. The molecule has 1 aromatic rings. The SMILES string of the molecule is Cc1cccc(C)c1CC[O]. The van der Waals surface area contributed by atoms with Gasteiger partial charge in [-0.15, -0.1) is 0 Å². The third-order valence-electron chi connectivity index (χ3n) is 2.00. The highest BCUT2D eigenvalue weighted by molar-refractivity contribution is 5.33. The molecule has 1 rings (SSSR count). The van der Waals surface area contributed by atoms with Crippen molar-refractivity contribution in [3.63, 3.8) is 0 Å². The molecule has 0 aliphatic rings. The van der Waals surface area contributed by atoms with Crippen molar-refractivity contribution in [1.29, 1.82) is 0 Å². The highest BCUT2D eigenvalue weighted by Gasteiger charge is 1.99. The van der Waals surface area contributed by atoms with Crippen molar-refractivity contribution >= 4 is 0 Å². The van der Waals surface area contributed by atoms with Gasteiger partial charge in [0, 0.05) is 0 Å². The molecule has 11 heavy (non-hydrogen) atoms. The molecule has 0 amide bonds. The Bertz CT molecular complexity index is 220. The first-order valence-corrected chi connectivity index (χ1v) is 3.89. The minimum Gasteiger partial charge on any atom is -0.236 e. The van der Waals surface area contributed by atoms with Crippen LogP contribution in [-0.4, -0.2) is 6.61 Å². The molecule has 59 valence electrons. The van der Waals surface area contributed by atoms with E-state index in [1.807, 2.05) is 6.07 Å². The molecule has 0 saturated heterocycles. The summed E-state index contributed by atoms with van der Waals surface area (Å²) < 4.78 is 0. The molecule has 0 N–H and O–H groups in total. The van der Waals surface area contributed by atoms with E-state index < -0.39 is 0 Å². The zero-order valence-corrected chi connectivity index (χ0v) is 7.05. The summed E-state index contributed by atoms with van der Waals surface area (Å²) in [4.78, 5) is 0. The van der Waals surface area contributed by atoms with Gasteiger partial charge in [-0.3, -0.25) is 0 Å². The Morgan fingerprint density at radius 2 is 1.73 bits per heavy atom. The van der Waals surface area contributed by atoms with Crippen molar-refractivity contribution in [3.8, 4) is 0 Å². The molecular weight excluding hydrogens is 136 g/mol. The van der Waals surface area contributed by atoms with E-state index in [1.165, 1.54) is 16.7 Å². The lowest BCUT2D eigenvalue weighted by Gasteiger charge is -2.06.